The van der Waals surface area contributed by atoms with Gasteiger partial charge in [-0.25, -0.2) is 4.98 Å². The Morgan fingerprint density at radius 3 is 2.70 bits per heavy atom. The second kappa shape index (κ2) is 3.44. The summed E-state index contributed by atoms with van der Waals surface area (Å²) in [6.07, 6.45) is 1.51. The molecule has 1 rings (SSSR count). The molecule has 0 bridgehead atoms. The zero-order valence-corrected chi connectivity index (χ0v) is 7.08. The Morgan fingerprint density at radius 2 is 2.30 bits per heavy atom. The maximum Gasteiger partial charge on any atom is 0.210 e. The summed E-state index contributed by atoms with van der Waals surface area (Å²) in [4.78, 5) is 4.04. The lowest BCUT2D eigenvalue weighted by molar-refractivity contribution is 0.608. The molecule has 0 amide bonds. The maximum absolute atomic E-state index is 10.6. The van der Waals surface area contributed by atoms with Gasteiger partial charge < -0.3 is 4.55 Å². The summed E-state index contributed by atoms with van der Waals surface area (Å²) in [5.74, 6) is 0. The van der Waals surface area contributed by atoms with E-state index in [4.69, 9.17) is 22.3 Å². The highest BCUT2D eigenvalue weighted by Gasteiger charge is 2.12. The second-order valence-corrected chi connectivity index (χ2v) is 3.60. The number of aromatic nitrogens is 1. The first kappa shape index (κ1) is 8.14. The van der Waals surface area contributed by atoms with Crippen LogP contribution in [0.1, 0.15) is 0 Å². The number of rotatable bonds is 1. The molecule has 1 aromatic heterocycles. The van der Waals surface area contributed by atoms with E-state index in [1.807, 2.05) is 0 Å². The minimum absolute atomic E-state index is 0.191. The van der Waals surface area contributed by atoms with Crippen LogP contribution in [0.4, 0.5) is 0 Å². The van der Waals surface area contributed by atoms with E-state index < -0.39 is 10.4 Å². The number of hydrogen-bond donors (Lipinski definition) is 0. The molecule has 1 unspecified atom stereocenters. The minimum atomic E-state index is -1.56. The van der Waals surface area contributed by atoms with Gasteiger partial charge in [0.15, 0.2) is 15.8 Å². The molecule has 0 spiro atoms. The van der Waals surface area contributed by atoms with E-state index in [1.54, 1.807) is 12.1 Å². The molecule has 0 aromatic carbocycles. The fraction of sp³-hybridized carbons (Fsp3) is 0. The van der Waals surface area contributed by atoms with Crippen molar-refractivity contribution in [1.29, 1.82) is 0 Å². The van der Waals surface area contributed by atoms with Crippen LogP contribution in [0.15, 0.2) is 23.2 Å². The summed E-state index contributed by atoms with van der Waals surface area (Å²) in [6.45, 7) is 0. The van der Waals surface area contributed by atoms with Gasteiger partial charge in [-0.1, -0.05) is 11.6 Å². The molecular weight excluding hydrogens is 193 g/mol. The summed E-state index contributed by atoms with van der Waals surface area (Å²) < 4.78 is 10.6. The number of hydrogen-bond acceptors (Lipinski definition) is 2. The lowest BCUT2D eigenvalue weighted by Gasteiger charge is -1.98. The highest BCUT2D eigenvalue weighted by molar-refractivity contribution is 8.13. The molecule has 2 nitrogen and oxygen atoms in total. The third-order valence-corrected chi connectivity index (χ3v) is 2.48. The van der Waals surface area contributed by atoms with Crippen LogP contribution in [0.5, 0.6) is 0 Å². The van der Waals surface area contributed by atoms with Crippen molar-refractivity contribution in [3.8, 4) is 0 Å². The van der Waals surface area contributed by atoms with Crippen LogP contribution in [-0.2, 0) is 10.4 Å². The van der Waals surface area contributed by atoms with E-state index in [0.717, 1.165) is 0 Å². The first-order valence-corrected chi connectivity index (χ1v) is 4.76. The SMILES string of the molecule is [O-][S+](Cl)c1cccnc1Cl. The van der Waals surface area contributed by atoms with E-state index in [9.17, 15) is 4.55 Å². The Labute approximate surface area is 70.9 Å². The summed E-state index contributed by atoms with van der Waals surface area (Å²) in [6, 6.07) is 3.19. The average Bonchev–Trinajstić information content (AvgIpc) is 1.88. The van der Waals surface area contributed by atoms with Crippen molar-refractivity contribution in [3.63, 3.8) is 0 Å². The molecule has 1 heterocycles. The quantitative estimate of drug-likeness (QED) is 0.508. The molecular formula is C5H3Cl2NOS. The Bertz CT molecular complexity index is 231. The lowest BCUT2D eigenvalue weighted by atomic mass is 10.5. The lowest BCUT2D eigenvalue weighted by Crippen LogP contribution is -1.92. The molecule has 0 fully saturated rings. The van der Waals surface area contributed by atoms with Crippen LogP contribution in [0.3, 0.4) is 0 Å². The van der Waals surface area contributed by atoms with E-state index >= 15 is 0 Å². The highest BCUT2D eigenvalue weighted by Crippen LogP contribution is 2.21. The molecule has 5 heteroatoms. The van der Waals surface area contributed by atoms with Gasteiger partial charge in [0.25, 0.3) is 0 Å². The third kappa shape index (κ3) is 1.76. The molecule has 0 saturated carbocycles. The largest absolute Gasteiger partial charge is 0.594 e. The standard InChI is InChI=1S/C5H3Cl2NOS/c6-5-4(10(7)9)2-1-3-8-5/h1-3H. The van der Waals surface area contributed by atoms with Crippen molar-refractivity contribution in [2.75, 3.05) is 0 Å². The summed E-state index contributed by atoms with van der Waals surface area (Å²) >= 11 is 5.53. The molecule has 1 atom stereocenters. The fourth-order valence-corrected chi connectivity index (χ4v) is 1.68. The third-order valence-electron chi connectivity index (χ3n) is 0.898. The average molecular weight is 196 g/mol. The van der Waals surface area contributed by atoms with Gasteiger partial charge in [0.2, 0.25) is 4.90 Å². The molecule has 10 heavy (non-hydrogen) atoms. The molecule has 54 valence electrons. The molecule has 0 N–H and O–H groups in total. The summed E-state index contributed by atoms with van der Waals surface area (Å²) in [5, 5.41) is 0.191. The van der Waals surface area contributed by atoms with E-state index in [-0.39, 0.29) is 5.15 Å². The van der Waals surface area contributed by atoms with Crippen LogP contribution >= 0.6 is 22.3 Å². The summed E-state index contributed by atoms with van der Waals surface area (Å²) in [7, 11) is 3.69. The van der Waals surface area contributed by atoms with Gasteiger partial charge in [-0.2, -0.15) is 0 Å². The van der Waals surface area contributed by atoms with Crippen LogP contribution in [0, 0.1) is 0 Å². The monoisotopic (exact) mass is 195 g/mol. The van der Waals surface area contributed by atoms with Crippen molar-refractivity contribution < 1.29 is 4.55 Å². The summed E-state index contributed by atoms with van der Waals surface area (Å²) in [5.41, 5.74) is 0. The van der Waals surface area contributed by atoms with Crippen molar-refractivity contribution in [1.82, 2.24) is 4.98 Å². The Morgan fingerprint density at radius 1 is 1.60 bits per heavy atom. The Hall–Kier alpha value is 0.0400. The van der Waals surface area contributed by atoms with Crippen molar-refractivity contribution >= 4 is 32.7 Å². The van der Waals surface area contributed by atoms with E-state index in [2.05, 4.69) is 4.98 Å². The number of nitrogens with zero attached hydrogens (tertiary/aromatic N) is 1. The van der Waals surface area contributed by atoms with Crippen LogP contribution in [0.25, 0.3) is 0 Å². The van der Waals surface area contributed by atoms with Gasteiger partial charge in [0.1, 0.15) is 10.4 Å². The first-order valence-electron chi connectivity index (χ1n) is 2.40. The molecule has 0 aliphatic carbocycles. The van der Waals surface area contributed by atoms with Crippen molar-refractivity contribution in [2.45, 2.75) is 4.90 Å². The zero-order chi connectivity index (χ0) is 7.56. The normalized spacial score (nSPS) is 13.1. The second-order valence-electron chi connectivity index (χ2n) is 1.52. The Balaban J connectivity index is 3.03. The molecule has 0 radical (unpaired) electrons. The topological polar surface area (TPSA) is 36.0 Å². The van der Waals surface area contributed by atoms with E-state index in [1.165, 1.54) is 6.20 Å². The van der Waals surface area contributed by atoms with Gasteiger partial charge in [-0.15, -0.1) is 0 Å². The predicted octanol–water partition coefficient (Wildman–Crippen LogP) is 2.00. The van der Waals surface area contributed by atoms with Crippen molar-refractivity contribution in [2.24, 2.45) is 0 Å². The number of halogens is 2. The zero-order valence-electron chi connectivity index (χ0n) is 4.75. The van der Waals surface area contributed by atoms with Crippen LogP contribution in [0.2, 0.25) is 5.15 Å². The fourth-order valence-electron chi connectivity index (χ4n) is 0.491. The highest BCUT2D eigenvalue weighted by atomic mass is 35.7. The van der Waals surface area contributed by atoms with Crippen LogP contribution in [-0.4, -0.2) is 9.54 Å². The maximum atomic E-state index is 10.6. The molecule has 1 aromatic rings. The van der Waals surface area contributed by atoms with Gasteiger partial charge in [-0.05, 0) is 12.1 Å². The first-order chi connectivity index (χ1) is 4.72. The molecule has 0 aliphatic rings. The van der Waals surface area contributed by atoms with Gasteiger partial charge in [-0.3, -0.25) is 0 Å². The minimum Gasteiger partial charge on any atom is -0.594 e. The van der Waals surface area contributed by atoms with Crippen LogP contribution < -0.4 is 0 Å². The molecule has 0 saturated heterocycles. The van der Waals surface area contributed by atoms with Gasteiger partial charge in [0.05, 0.1) is 0 Å². The van der Waals surface area contributed by atoms with E-state index in [0.29, 0.717) is 4.90 Å². The predicted molar refractivity (Wildman–Crippen MR) is 41.5 cm³/mol. The van der Waals surface area contributed by atoms with Crippen molar-refractivity contribution in [3.05, 3.63) is 23.5 Å². The van der Waals surface area contributed by atoms with Gasteiger partial charge >= 0.3 is 0 Å². The smallest absolute Gasteiger partial charge is 0.210 e. The van der Waals surface area contributed by atoms with Gasteiger partial charge in [0, 0.05) is 6.20 Å². The number of pyridine rings is 1. The molecule has 0 aliphatic heterocycles. The Kier molecular flexibility index (Phi) is 2.80.